The zero-order chi connectivity index (χ0) is 14.5. The third-order valence-electron chi connectivity index (χ3n) is 3.88. The number of carbonyl (C=O) groups excluding carboxylic acids is 1. The van der Waals surface area contributed by atoms with Gasteiger partial charge in [-0.3, -0.25) is 4.79 Å². The maximum atomic E-state index is 12.4. The predicted molar refractivity (Wildman–Crippen MR) is 84.2 cm³/mol. The maximum Gasteiger partial charge on any atom is 0.253 e. The molecule has 3 nitrogen and oxygen atoms in total. The lowest BCUT2D eigenvalue weighted by Crippen LogP contribution is -2.27. The first-order valence-electron chi connectivity index (χ1n) is 7.81. The van der Waals surface area contributed by atoms with Crippen molar-refractivity contribution in [3.05, 3.63) is 29.3 Å². The molecule has 0 spiro atoms. The highest BCUT2D eigenvalue weighted by Crippen LogP contribution is 2.35. The van der Waals surface area contributed by atoms with Crippen LogP contribution in [0, 0.1) is 12.8 Å². The Labute approximate surface area is 122 Å². The highest BCUT2D eigenvalue weighted by molar-refractivity contribution is 6.00. The standard InChI is InChI=1S/C17H26N2O/c1-4-6-13-11-15(13)19-17(20)14-8-7-12(3)10-16(14)18-9-5-2/h7-8,10,13,15,18H,4-6,9,11H2,1-3H3,(H,19,20). The summed E-state index contributed by atoms with van der Waals surface area (Å²) in [5.41, 5.74) is 2.90. The van der Waals surface area contributed by atoms with Crippen molar-refractivity contribution >= 4 is 11.6 Å². The number of rotatable bonds is 7. The van der Waals surface area contributed by atoms with E-state index in [9.17, 15) is 4.79 Å². The predicted octanol–water partition coefficient (Wildman–Crippen LogP) is 3.74. The molecule has 1 aliphatic rings. The molecule has 1 aromatic rings. The second-order valence-corrected chi connectivity index (χ2v) is 5.84. The van der Waals surface area contributed by atoms with Crippen molar-refractivity contribution < 1.29 is 4.79 Å². The van der Waals surface area contributed by atoms with Crippen LogP contribution in [-0.2, 0) is 0 Å². The van der Waals surface area contributed by atoms with Crippen molar-refractivity contribution in [1.82, 2.24) is 5.32 Å². The third-order valence-corrected chi connectivity index (χ3v) is 3.88. The van der Waals surface area contributed by atoms with E-state index in [0.717, 1.165) is 30.6 Å². The highest BCUT2D eigenvalue weighted by Gasteiger charge is 2.37. The van der Waals surface area contributed by atoms with Gasteiger partial charge in [0.1, 0.15) is 0 Å². The average Bonchev–Trinajstić information content (AvgIpc) is 3.14. The van der Waals surface area contributed by atoms with Gasteiger partial charge in [-0.15, -0.1) is 0 Å². The molecule has 2 unspecified atom stereocenters. The van der Waals surface area contributed by atoms with E-state index in [1.165, 1.54) is 18.4 Å². The van der Waals surface area contributed by atoms with Crippen LogP contribution in [0.2, 0.25) is 0 Å². The minimum absolute atomic E-state index is 0.0622. The Hall–Kier alpha value is -1.51. The van der Waals surface area contributed by atoms with Crippen molar-refractivity contribution in [1.29, 1.82) is 0 Å². The van der Waals surface area contributed by atoms with E-state index < -0.39 is 0 Å². The zero-order valence-corrected chi connectivity index (χ0v) is 12.8. The molecule has 0 heterocycles. The van der Waals surface area contributed by atoms with Gasteiger partial charge in [0.05, 0.1) is 5.56 Å². The Morgan fingerprint density at radius 1 is 1.30 bits per heavy atom. The Balaban J connectivity index is 2.01. The molecule has 3 heteroatoms. The Bertz CT molecular complexity index is 470. The van der Waals surface area contributed by atoms with E-state index in [1.807, 2.05) is 12.1 Å². The normalized spacial score (nSPS) is 20.6. The molecule has 1 aromatic carbocycles. The van der Waals surface area contributed by atoms with Crippen molar-refractivity contribution in [3.8, 4) is 0 Å². The van der Waals surface area contributed by atoms with E-state index in [4.69, 9.17) is 0 Å². The topological polar surface area (TPSA) is 41.1 Å². The molecular formula is C17H26N2O. The van der Waals surface area contributed by atoms with Crippen LogP contribution in [0.4, 0.5) is 5.69 Å². The van der Waals surface area contributed by atoms with Crippen LogP contribution >= 0.6 is 0 Å². The monoisotopic (exact) mass is 274 g/mol. The molecule has 0 aromatic heterocycles. The number of carbonyl (C=O) groups is 1. The molecular weight excluding hydrogens is 248 g/mol. The van der Waals surface area contributed by atoms with Gasteiger partial charge in [0.2, 0.25) is 0 Å². The number of amides is 1. The molecule has 0 radical (unpaired) electrons. The fourth-order valence-corrected chi connectivity index (χ4v) is 2.62. The number of hydrogen-bond acceptors (Lipinski definition) is 2. The first-order valence-corrected chi connectivity index (χ1v) is 7.81. The fraction of sp³-hybridized carbons (Fsp3) is 0.588. The minimum atomic E-state index is 0.0622. The average molecular weight is 274 g/mol. The van der Waals surface area contributed by atoms with Crippen molar-refractivity contribution in [3.63, 3.8) is 0 Å². The molecule has 0 bridgehead atoms. The molecule has 0 aliphatic heterocycles. The van der Waals surface area contributed by atoms with Crippen LogP contribution < -0.4 is 10.6 Å². The van der Waals surface area contributed by atoms with E-state index in [2.05, 4.69) is 37.5 Å². The Morgan fingerprint density at radius 3 is 2.80 bits per heavy atom. The zero-order valence-electron chi connectivity index (χ0n) is 12.8. The molecule has 1 saturated carbocycles. The van der Waals surface area contributed by atoms with Crippen LogP contribution in [-0.4, -0.2) is 18.5 Å². The molecule has 2 N–H and O–H groups in total. The number of aryl methyl sites for hydroxylation is 1. The van der Waals surface area contributed by atoms with Gasteiger partial charge < -0.3 is 10.6 Å². The van der Waals surface area contributed by atoms with E-state index in [-0.39, 0.29) is 5.91 Å². The lowest BCUT2D eigenvalue weighted by Gasteiger charge is -2.12. The summed E-state index contributed by atoms with van der Waals surface area (Å²) < 4.78 is 0. The molecule has 2 atom stereocenters. The van der Waals surface area contributed by atoms with E-state index in [0.29, 0.717) is 12.0 Å². The molecule has 20 heavy (non-hydrogen) atoms. The molecule has 1 aliphatic carbocycles. The highest BCUT2D eigenvalue weighted by atomic mass is 16.1. The summed E-state index contributed by atoms with van der Waals surface area (Å²) in [6.45, 7) is 7.27. The summed E-state index contributed by atoms with van der Waals surface area (Å²) in [6.07, 6.45) is 4.62. The van der Waals surface area contributed by atoms with Gasteiger partial charge in [0.25, 0.3) is 5.91 Å². The van der Waals surface area contributed by atoms with Gasteiger partial charge in [0, 0.05) is 18.3 Å². The van der Waals surface area contributed by atoms with Gasteiger partial charge in [-0.2, -0.15) is 0 Å². The fourth-order valence-electron chi connectivity index (χ4n) is 2.62. The summed E-state index contributed by atoms with van der Waals surface area (Å²) in [7, 11) is 0. The summed E-state index contributed by atoms with van der Waals surface area (Å²) >= 11 is 0. The number of nitrogens with one attached hydrogen (secondary N) is 2. The Morgan fingerprint density at radius 2 is 2.10 bits per heavy atom. The van der Waals surface area contributed by atoms with Gasteiger partial charge in [-0.1, -0.05) is 26.3 Å². The molecule has 2 rings (SSSR count). The number of hydrogen-bond donors (Lipinski definition) is 2. The first kappa shape index (κ1) is 14.9. The van der Waals surface area contributed by atoms with Crippen LogP contribution in [0.15, 0.2) is 18.2 Å². The summed E-state index contributed by atoms with van der Waals surface area (Å²) in [5, 5.41) is 6.52. The first-order chi connectivity index (χ1) is 9.65. The van der Waals surface area contributed by atoms with Gasteiger partial charge in [-0.25, -0.2) is 0 Å². The SMILES string of the molecule is CCCNc1cc(C)ccc1C(=O)NC1CC1CCC. The van der Waals surface area contributed by atoms with Gasteiger partial charge >= 0.3 is 0 Å². The van der Waals surface area contributed by atoms with Crippen LogP contribution in [0.1, 0.15) is 55.5 Å². The van der Waals surface area contributed by atoms with Crippen LogP contribution in [0.3, 0.4) is 0 Å². The van der Waals surface area contributed by atoms with Crippen LogP contribution in [0.5, 0.6) is 0 Å². The molecule has 0 saturated heterocycles. The number of anilines is 1. The van der Waals surface area contributed by atoms with Crippen molar-refractivity contribution in [2.24, 2.45) is 5.92 Å². The Kier molecular flexibility index (Phi) is 5.05. The largest absolute Gasteiger partial charge is 0.384 e. The summed E-state index contributed by atoms with van der Waals surface area (Å²) in [6, 6.07) is 6.38. The maximum absolute atomic E-state index is 12.4. The quantitative estimate of drug-likeness (QED) is 0.795. The lowest BCUT2D eigenvalue weighted by molar-refractivity contribution is 0.0949. The van der Waals surface area contributed by atoms with Crippen molar-refractivity contribution in [2.45, 2.75) is 52.5 Å². The lowest BCUT2D eigenvalue weighted by atomic mass is 10.1. The number of benzene rings is 1. The van der Waals surface area contributed by atoms with E-state index >= 15 is 0 Å². The summed E-state index contributed by atoms with van der Waals surface area (Å²) in [5.74, 6) is 0.758. The molecule has 1 fully saturated rings. The second-order valence-electron chi connectivity index (χ2n) is 5.84. The second kappa shape index (κ2) is 6.78. The van der Waals surface area contributed by atoms with E-state index in [1.54, 1.807) is 0 Å². The van der Waals surface area contributed by atoms with Crippen molar-refractivity contribution in [2.75, 3.05) is 11.9 Å². The summed E-state index contributed by atoms with van der Waals surface area (Å²) in [4.78, 5) is 12.4. The smallest absolute Gasteiger partial charge is 0.253 e. The van der Waals surface area contributed by atoms with Gasteiger partial charge in [0.15, 0.2) is 0 Å². The molecule has 110 valence electrons. The third kappa shape index (κ3) is 3.75. The van der Waals surface area contributed by atoms with Crippen LogP contribution in [0.25, 0.3) is 0 Å². The minimum Gasteiger partial charge on any atom is -0.384 e. The van der Waals surface area contributed by atoms with Gasteiger partial charge in [-0.05, 0) is 49.8 Å². The molecule has 1 amide bonds.